The smallest absolute Gasteiger partial charge is 0.408 e. The molecule has 2 aromatic rings. The summed E-state index contributed by atoms with van der Waals surface area (Å²) < 4.78 is 10.2. The molecule has 2 unspecified atom stereocenters. The highest BCUT2D eigenvalue weighted by Crippen LogP contribution is 2.22. The minimum Gasteiger partial charge on any atom is -0.445 e. The molecule has 1 fully saturated rings. The molecule has 29 heavy (non-hydrogen) atoms. The zero-order chi connectivity index (χ0) is 20.6. The van der Waals surface area contributed by atoms with Gasteiger partial charge in [0, 0.05) is 24.9 Å². The largest absolute Gasteiger partial charge is 0.445 e. The molecule has 0 bridgehead atoms. The lowest BCUT2D eigenvalue weighted by molar-refractivity contribution is -0.140. The highest BCUT2D eigenvalue weighted by Gasteiger charge is 2.34. The summed E-state index contributed by atoms with van der Waals surface area (Å²) in [6, 6.07) is 9.36. The topological polar surface area (TPSA) is 128 Å². The fourth-order valence-electron chi connectivity index (χ4n) is 3.08. The van der Waals surface area contributed by atoms with E-state index in [9.17, 15) is 19.2 Å². The predicted octanol–water partition coefficient (Wildman–Crippen LogP) is 1.70. The number of nitrogens with one attached hydrogen (secondary N) is 2. The van der Waals surface area contributed by atoms with Gasteiger partial charge in [0.25, 0.3) is 5.91 Å². The second-order valence-electron chi connectivity index (χ2n) is 6.68. The van der Waals surface area contributed by atoms with Gasteiger partial charge in [0.1, 0.15) is 6.61 Å². The average molecular weight is 399 g/mol. The van der Waals surface area contributed by atoms with Crippen molar-refractivity contribution in [2.45, 2.75) is 31.9 Å². The molecule has 3 rings (SSSR count). The van der Waals surface area contributed by atoms with Crippen molar-refractivity contribution in [1.29, 1.82) is 0 Å². The lowest BCUT2D eigenvalue weighted by Crippen LogP contribution is -2.37. The molecule has 1 aliphatic heterocycles. The summed E-state index contributed by atoms with van der Waals surface area (Å²) >= 11 is 0. The first-order chi connectivity index (χ1) is 14.0. The molecular weight excluding hydrogens is 378 g/mol. The van der Waals surface area contributed by atoms with Gasteiger partial charge >= 0.3 is 6.09 Å². The number of hydrogen-bond acceptors (Lipinski definition) is 7. The number of carbonyl (C=O) groups is 4. The monoisotopic (exact) mass is 399 g/mol. The first-order valence-corrected chi connectivity index (χ1v) is 9.27. The van der Waals surface area contributed by atoms with Gasteiger partial charge in [-0.3, -0.25) is 14.4 Å². The molecule has 2 heterocycles. The molecule has 0 aliphatic carbocycles. The molecule has 1 aromatic carbocycles. The maximum absolute atomic E-state index is 12.8. The molecule has 1 saturated heterocycles. The summed E-state index contributed by atoms with van der Waals surface area (Å²) in [6.07, 6.45) is 1.33. The Morgan fingerprint density at radius 2 is 2.03 bits per heavy atom. The Kier molecular flexibility index (Phi) is 6.72. The van der Waals surface area contributed by atoms with Crippen molar-refractivity contribution < 1.29 is 28.4 Å². The second-order valence-corrected chi connectivity index (χ2v) is 6.68. The van der Waals surface area contributed by atoms with Crippen molar-refractivity contribution in [3.63, 3.8) is 0 Å². The number of hydrogen-bond donors (Lipinski definition) is 2. The molecule has 1 aromatic heterocycles. The minimum absolute atomic E-state index is 0.0330. The van der Waals surface area contributed by atoms with E-state index in [0.29, 0.717) is 19.4 Å². The molecule has 2 N–H and O–H groups in total. The Morgan fingerprint density at radius 3 is 2.76 bits per heavy atom. The Hall–Kier alpha value is -3.49. The van der Waals surface area contributed by atoms with E-state index in [-0.39, 0.29) is 18.8 Å². The average Bonchev–Trinajstić information content (AvgIpc) is 3.22. The van der Waals surface area contributed by atoms with Gasteiger partial charge in [-0.25, -0.2) is 4.79 Å². The van der Waals surface area contributed by atoms with Crippen molar-refractivity contribution in [3.8, 4) is 0 Å². The van der Waals surface area contributed by atoms with Crippen LogP contribution in [0, 0.1) is 5.92 Å². The van der Waals surface area contributed by atoms with Crippen LogP contribution >= 0.6 is 0 Å². The number of nitrogens with zero attached hydrogens (tertiary/aromatic N) is 1. The van der Waals surface area contributed by atoms with E-state index < -0.39 is 35.5 Å². The fraction of sp³-hybridized carbons (Fsp3) is 0.350. The Labute approximate surface area is 166 Å². The van der Waals surface area contributed by atoms with E-state index >= 15 is 0 Å². The summed E-state index contributed by atoms with van der Waals surface area (Å²) in [5.74, 6) is -2.40. The fourth-order valence-corrected chi connectivity index (χ4v) is 3.08. The number of aromatic nitrogens is 1. The number of carbonyl (C=O) groups excluding carboxylic acids is 4. The quantitative estimate of drug-likeness (QED) is 0.678. The summed E-state index contributed by atoms with van der Waals surface area (Å²) in [7, 11) is 0. The standard InChI is InChI=1S/C20H21N3O6/c24-15(11-14-7-4-9-21-19(26)18(14)25)17(16-8-10-22-29-16)23-20(27)28-12-13-5-2-1-3-6-13/h1-3,5-6,8,10,14,17H,4,7,9,11-12H2,(H,21,26)(H,23,27). The van der Waals surface area contributed by atoms with E-state index in [1.165, 1.54) is 12.3 Å². The van der Waals surface area contributed by atoms with E-state index in [4.69, 9.17) is 9.26 Å². The van der Waals surface area contributed by atoms with Gasteiger partial charge in [0.05, 0.1) is 6.20 Å². The van der Waals surface area contributed by atoms with Crippen LogP contribution in [0.15, 0.2) is 47.1 Å². The van der Waals surface area contributed by atoms with Gasteiger partial charge in [-0.15, -0.1) is 0 Å². The van der Waals surface area contributed by atoms with E-state index in [1.54, 1.807) is 12.1 Å². The van der Waals surface area contributed by atoms with Gasteiger partial charge in [0.15, 0.2) is 17.6 Å². The zero-order valence-electron chi connectivity index (χ0n) is 15.6. The third-order valence-corrected chi connectivity index (χ3v) is 4.60. The van der Waals surface area contributed by atoms with Gasteiger partial charge in [-0.05, 0) is 18.4 Å². The molecule has 1 aliphatic rings. The summed E-state index contributed by atoms with van der Waals surface area (Å²) in [6.45, 7) is 0.427. The second kappa shape index (κ2) is 9.63. The van der Waals surface area contributed by atoms with Crippen molar-refractivity contribution in [3.05, 3.63) is 53.9 Å². The first kappa shape index (κ1) is 20.2. The van der Waals surface area contributed by atoms with E-state index in [1.807, 2.05) is 18.2 Å². The number of amides is 2. The summed E-state index contributed by atoms with van der Waals surface area (Å²) in [5, 5.41) is 8.53. The molecule has 152 valence electrons. The van der Waals surface area contributed by atoms with Crippen molar-refractivity contribution in [1.82, 2.24) is 15.8 Å². The lowest BCUT2D eigenvalue weighted by Gasteiger charge is -2.17. The van der Waals surface area contributed by atoms with E-state index in [2.05, 4.69) is 15.8 Å². The molecule has 2 amide bonds. The molecule has 2 atom stereocenters. The zero-order valence-corrected chi connectivity index (χ0v) is 15.6. The van der Waals surface area contributed by atoms with Gasteiger partial charge in [-0.1, -0.05) is 35.5 Å². The number of ketones is 2. The number of Topliss-reactive ketones (excluding diaryl/α,β-unsaturated/α-hetero) is 2. The number of alkyl carbamates (subject to hydrolysis) is 1. The highest BCUT2D eigenvalue weighted by molar-refractivity contribution is 6.37. The number of benzene rings is 1. The molecule has 0 saturated carbocycles. The third kappa shape index (κ3) is 5.50. The van der Waals surface area contributed by atoms with Crippen LogP contribution in [-0.4, -0.2) is 35.3 Å². The maximum Gasteiger partial charge on any atom is 0.408 e. The predicted molar refractivity (Wildman–Crippen MR) is 99.4 cm³/mol. The van der Waals surface area contributed by atoms with Crippen LogP contribution in [-0.2, 0) is 25.7 Å². The molecular formula is C20H21N3O6. The molecule has 0 spiro atoms. The van der Waals surface area contributed by atoms with Crippen LogP contribution in [0.2, 0.25) is 0 Å². The van der Waals surface area contributed by atoms with E-state index in [0.717, 1.165) is 5.56 Å². The normalized spacial score (nSPS) is 17.7. The Morgan fingerprint density at radius 1 is 1.24 bits per heavy atom. The molecule has 9 nitrogen and oxygen atoms in total. The molecule has 9 heteroatoms. The van der Waals surface area contributed by atoms with Crippen LogP contribution < -0.4 is 10.6 Å². The van der Waals surface area contributed by atoms with Crippen molar-refractivity contribution in [2.75, 3.05) is 6.54 Å². The first-order valence-electron chi connectivity index (χ1n) is 9.27. The Balaban J connectivity index is 1.65. The van der Waals surface area contributed by atoms with Gasteiger partial charge in [0.2, 0.25) is 5.78 Å². The highest BCUT2D eigenvalue weighted by atomic mass is 16.5. The molecule has 0 radical (unpaired) electrons. The third-order valence-electron chi connectivity index (χ3n) is 4.60. The Bertz CT molecular complexity index is 866. The van der Waals surface area contributed by atoms with Crippen LogP contribution in [0.4, 0.5) is 4.79 Å². The SMILES string of the molecule is O=C(NC(C(=O)CC1CCCNC(=O)C1=O)c1ccno1)OCc1ccccc1. The maximum atomic E-state index is 12.8. The minimum atomic E-state index is -1.17. The van der Waals surface area contributed by atoms with Crippen LogP contribution in [0.5, 0.6) is 0 Å². The van der Waals surface area contributed by atoms with Gasteiger partial charge in [-0.2, -0.15) is 0 Å². The van der Waals surface area contributed by atoms with Gasteiger partial charge < -0.3 is 19.9 Å². The van der Waals surface area contributed by atoms with Crippen LogP contribution in [0.25, 0.3) is 0 Å². The number of ether oxygens (including phenoxy) is 1. The van der Waals surface area contributed by atoms with Crippen molar-refractivity contribution >= 4 is 23.6 Å². The summed E-state index contributed by atoms with van der Waals surface area (Å²) in [4.78, 5) is 48.9. The van der Waals surface area contributed by atoms with Crippen molar-refractivity contribution in [2.24, 2.45) is 5.92 Å². The van der Waals surface area contributed by atoms with Crippen LogP contribution in [0.3, 0.4) is 0 Å². The summed E-state index contributed by atoms with van der Waals surface area (Å²) in [5.41, 5.74) is 0.792. The number of rotatable bonds is 7. The van der Waals surface area contributed by atoms with Crippen LogP contribution in [0.1, 0.15) is 36.6 Å². The lowest BCUT2D eigenvalue weighted by atomic mass is 9.90.